The van der Waals surface area contributed by atoms with E-state index in [1.165, 1.54) is 13.2 Å². The van der Waals surface area contributed by atoms with E-state index in [9.17, 15) is 9.18 Å². The minimum Gasteiger partial charge on any atom is -0.469 e. The molecule has 0 radical (unpaired) electrons. The Hall–Kier alpha value is -1.29. The molecule has 0 saturated carbocycles. The largest absolute Gasteiger partial charge is 0.469 e. The zero-order valence-corrected chi connectivity index (χ0v) is 10.7. The van der Waals surface area contributed by atoms with Gasteiger partial charge < -0.3 is 10.1 Å². The van der Waals surface area contributed by atoms with Crippen LogP contribution in [0, 0.1) is 11.7 Å². The van der Waals surface area contributed by atoms with Gasteiger partial charge in [0, 0.05) is 6.04 Å². The summed E-state index contributed by atoms with van der Waals surface area (Å²) in [6.45, 7) is 3.49. The molecule has 0 aromatic heterocycles. The number of rotatable bonds is 4. The Morgan fingerprint density at radius 1 is 1.47 bits per heavy atom. The molecule has 1 rings (SSSR count). The van der Waals surface area contributed by atoms with E-state index in [1.807, 2.05) is 0 Å². The lowest BCUT2D eigenvalue weighted by Gasteiger charge is -2.20. The van der Waals surface area contributed by atoms with E-state index in [0.717, 1.165) is 0 Å². The Bertz CT molecular complexity index is 411. The van der Waals surface area contributed by atoms with Crippen molar-refractivity contribution in [3.8, 4) is 0 Å². The van der Waals surface area contributed by atoms with Crippen molar-refractivity contribution >= 4 is 23.3 Å². The number of hydrogen-bond donors (Lipinski definition) is 1. The molecule has 0 aliphatic heterocycles. The number of esters is 1. The molecule has 1 aromatic carbocycles. The van der Waals surface area contributed by atoms with E-state index in [1.54, 1.807) is 26.0 Å². The van der Waals surface area contributed by atoms with Crippen LogP contribution in [0.3, 0.4) is 0 Å². The molecule has 0 bridgehead atoms. The minimum absolute atomic E-state index is 0.0490. The number of nitrogens with one attached hydrogen (secondary N) is 1. The van der Waals surface area contributed by atoms with Crippen LogP contribution >= 0.6 is 11.6 Å². The number of methoxy groups -OCH3 is 1. The highest BCUT2D eigenvalue weighted by atomic mass is 35.5. The Morgan fingerprint density at radius 3 is 2.71 bits per heavy atom. The van der Waals surface area contributed by atoms with Crippen LogP contribution in [0.15, 0.2) is 18.2 Å². The summed E-state index contributed by atoms with van der Waals surface area (Å²) < 4.78 is 18.2. The lowest BCUT2D eigenvalue weighted by molar-refractivity contribution is -0.145. The molecule has 5 heteroatoms. The number of anilines is 1. The van der Waals surface area contributed by atoms with Crippen molar-refractivity contribution in [2.75, 3.05) is 12.4 Å². The highest BCUT2D eigenvalue weighted by Crippen LogP contribution is 2.23. The molecule has 0 aliphatic rings. The van der Waals surface area contributed by atoms with E-state index in [4.69, 9.17) is 11.6 Å². The summed E-state index contributed by atoms with van der Waals surface area (Å²) in [6, 6.07) is 4.43. The van der Waals surface area contributed by atoms with E-state index in [-0.39, 0.29) is 28.6 Å². The standard InChI is InChI=1S/C12H15ClFNO2/c1-7(12(16)17-3)8(2)15-10-6-4-5-9(13)11(10)14/h4-8,15H,1-3H3. The molecule has 17 heavy (non-hydrogen) atoms. The van der Waals surface area contributed by atoms with Crippen molar-refractivity contribution in [2.45, 2.75) is 19.9 Å². The van der Waals surface area contributed by atoms with Crippen LogP contribution < -0.4 is 5.32 Å². The normalized spacial score (nSPS) is 13.9. The van der Waals surface area contributed by atoms with Crippen LogP contribution in [0.25, 0.3) is 0 Å². The van der Waals surface area contributed by atoms with Crippen LogP contribution in [0.1, 0.15) is 13.8 Å². The Balaban J connectivity index is 2.77. The molecule has 0 spiro atoms. The second kappa shape index (κ2) is 5.87. The first-order chi connectivity index (χ1) is 7.97. The number of hydrogen-bond acceptors (Lipinski definition) is 3. The Kier molecular flexibility index (Phi) is 4.75. The van der Waals surface area contributed by atoms with Crippen LogP contribution in [0.2, 0.25) is 5.02 Å². The number of carbonyl (C=O) groups excluding carboxylic acids is 1. The summed E-state index contributed by atoms with van der Waals surface area (Å²) in [6.07, 6.45) is 0. The van der Waals surface area contributed by atoms with E-state index < -0.39 is 5.82 Å². The molecule has 1 aromatic rings. The summed E-state index contributed by atoms with van der Waals surface area (Å²) in [5, 5.41) is 2.95. The van der Waals surface area contributed by atoms with Gasteiger partial charge in [-0.3, -0.25) is 4.79 Å². The predicted molar refractivity (Wildman–Crippen MR) is 65.7 cm³/mol. The maximum atomic E-state index is 13.6. The molecular formula is C12H15ClFNO2. The van der Waals surface area contributed by atoms with Crippen LogP contribution in [0.4, 0.5) is 10.1 Å². The van der Waals surface area contributed by atoms with Gasteiger partial charge in [0.05, 0.1) is 23.7 Å². The monoisotopic (exact) mass is 259 g/mol. The van der Waals surface area contributed by atoms with Gasteiger partial charge in [-0.05, 0) is 26.0 Å². The third-order valence-electron chi connectivity index (χ3n) is 2.66. The molecule has 3 nitrogen and oxygen atoms in total. The first-order valence-electron chi connectivity index (χ1n) is 5.25. The number of ether oxygens (including phenoxy) is 1. The van der Waals surface area contributed by atoms with E-state index in [0.29, 0.717) is 0 Å². The van der Waals surface area contributed by atoms with Crippen molar-refractivity contribution in [3.63, 3.8) is 0 Å². The van der Waals surface area contributed by atoms with Crippen LogP contribution in [0.5, 0.6) is 0 Å². The summed E-state index contributed by atoms with van der Waals surface area (Å²) >= 11 is 5.66. The van der Waals surface area contributed by atoms with Crippen LogP contribution in [-0.4, -0.2) is 19.1 Å². The third kappa shape index (κ3) is 3.33. The third-order valence-corrected chi connectivity index (χ3v) is 2.95. The van der Waals surface area contributed by atoms with Gasteiger partial charge in [0.15, 0.2) is 5.82 Å². The van der Waals surface area contributed by atoms with Gasteiger partial charge in [0.25, 0.3) is 0 Å². The van der Waals surface area contributed by atoms with Crippen molar-refractivity contribution in [1.29, 1.82) is 0 Å². The average molecular weight is 260 g/mol. The van der Waals surface area contributed by atoms with Crippen molar-refractivity contribution in [3.05, 3.63) is 29.0 Å². The van der Waals surface area contributed by atoms with Gasteiger partial charge in [-0.2, -0.15) is 0 Å². The van der Waals surface area contributed by atoms with Crippen molar-refractivity contribution in [1.82, 2.24) is 0 Å². The summed E-state index contributed by atoms with van der Waals surface area (Å²) in [7, 11) is 1.32. The van der Waals surface area contributed by atoms with Gasteiger partial charge in [0.1, 0.15) is 0 Å². The molecule has 94 valence electrons. The van der Waals surface area contributed by atoms with Gasteiger partial charge in [0.2, 0.25) is 0 Å². The smallest absolute Gasteiger partial charge is 0.310 e. The fourth-order valence-corrected chi connectivity index (χ4v) is 1.55. The lowest BCUT2D eigenvalue weighted by Crippen LogP contribution is -2.31. The first kappa shape index (κ1) is 13.8. The predicted octanol–water partition coefficient (Wildman–Crippen LogP) is 3.09. The summed E-state index contributed by atoms with van der Waals surface area (Å²) in [5.74, 6) is -1.23. The SMILES string of the molecule is COC(=O)C(C)C(C)Nc1cccc(Cl)c1F. The average Bonchev–Trinajstić information content (AvgIpc) is 2.32. The maximum Gasteiger partial charge on any atom is 0.310 e. The first-order valence-corrected chi connectivity index (χ1v) is 5.63. The Morgan fingerprint density at radius 2 is 2.12 bits per heavy atom. The number of carbonyl (C=O) groups is 1. The maximum absolute atomic E-state index is 13.6. The van der Waals surface area contributed by atoms with Crippen LogP contribution in [-0.2, 0) is 9.53 Å². The molecule has 0 aliphatic carbocycles. The molecule has 0 fully saturated rings. The molecule has 2 unspecified atom stereocenters. The summed E-state index contributed by atoms with van der Waals surface area (Å²) in [5.41, 5.74) is 0.278. The number of benzene rings is 1. The summed E-state index contributed by atoms with van der Waals surface area (Å²) in [4.78, 5) is 11.3. The second-order valence-corrected chi connectivity index (χ2v) is 4.25. The molecule has 0 saturated heterocycles. The molecule has 1 N–H and O–H groups in total. The quantitative estimate of drug-likeness (QED) is 0.845. The van der Waals surface area contributed by atoms with Gasteiger partial charge in [-0.25, -0.2) is 4.39 Å². The van der Waals surface area contributed by atoms with Gasteiger partial charge in [-0.15, -0.1) is 0 Å². The highest BCUT2D eigenvalue weighted by Gasteiger charge is 2.21. The minimum atomic E-state index is -0.516. The van der Waals surface area contributed by atoms with Crippen molar-refractivity contribution < 1.29 is 13.9 Å². The topological polar surface area (TPSA) is 38.3 Å². The van der Waals surface area contributed by atoms with E-state index >= 15 is 0 Å². The molecule has 0 heterocycles. The van der Waals surface area contributed by atoms with E-state index in [2.05, 4.69) is 10.1 Å². The molecule has 2 atom stereocenters. The zero-order valence-electron chi connectivity index (χ0n) is 9.96. The highest BCUT2D eigenvalue weighted by molar-refractivity contribution is 6.31. The lowest BCUT2D eigenvalue weighted by atomic mass is 10.0. The van der Waals surface area contributed by atoms with Gasteiger partial charge >= 0.3 is 5.97 Å². The van der Waals surface area contributed by atoms with Gasteiger partial charge in [-0.1, -0.05) is 17.7 Å². The zero-order chi connectivity index (χ0) is 13.0. The Labute approximate surface area is 105 Å². The molecule has 0 amide bonds. The fourth-order valence-electron chi connectivity index (χ4n) is 1.38. The number of halogens is 2. The van der Waals surface area contributed by atoms with Crippen molar-refractivity contribution in [2.24, 2.45) is 5.92 Å². The molecular weight excluding hydrogens is 245 g/mol. The fraction of sp³-hybridized carbons (Fsp3) is 0.417. The second-order valence-electron chi connectivity index (χ2n) is 3.85.